The molecule has 0 heterocycles. The molecule has 0 aliphatic carbocycles. The van der Waals surface area contributed by atoms with E-state index in [4.69, 9.17) is 17.0 Å². The summed E-state index contributed by atoms with van der Waals surface area (Å²) in [5.74, 6) is -0.146. The van der Waals surface area contributed by atoms with E-state index in [1.165, 1.54) is 0 Å². The first-order chi connectivity index (χ1) is 16.0. The number of ether oxygens (including phenoxy) is 1. The van der Waals surface area contributed by atoms with Crippen LogP contribution in [0.25, 0.3) is 0 Å². The van der Waals surface area contributed by atoms with E-state index in [2.05, 4.69) is 38.8 Å². The van der Waals surface area contributed by atoms with Crippen LogP contribution >= 0.6 is 28.1 Å². The number of anilines is 2. The lowest BCUT2D eigenvalue weighted by Gasteiger charge is -2.14. The summed E-state index contributed by atoms with van der Waals surface area (Å²) in [6.45, 7) is 2.60. The first-order valence-corrected chi connectivity index (χ1v) is 11.7. The normalized spacial score (nSPS) is 10.2. The van der Waals surface area contributed by atoms with Crippen LogP contribution in [-0.2, 0) is 0 Å². The third-order valence-corrected chi connectivity index (χ3v) is 5.28. The Morgan fingerprint density at radius 1 is 0.909 bits per heavy atom. The van der Waals surface area contributed by atoms with Crippen molar-refractivity contribution < 1.29 is 14.3 Å². The van der Waals surface area contributed by atoms with Crippen molar-refractivity contribution in [3.8, 4) is 5.75 Å². The van der Waals surface area contributed by atoms with E-state index in [-0.39, 0.29) is 11.0 Å². The van der Waals surface area contributed by atoms with Crippen molar-refractivity contribution in [2.45, 2.75) is 19.8 Å². The molecule has 8 heteroatoms. The van der Waals surface area contributed by atoms with Gasteiger partial charge in [0.15, 0.2) is 5.11 Å². The number of carbonyl (C=O) groups excluding carboxylic acids is 2. The van der Waals surface area contributed by atoms with Gasteiger partial charge in [0, 0.05) is 21.4 Å². The van der Waals surface area contributed by atoms with Crippen LogP contribution in [0.2, 0.25) is 0 Å². The van der Waals surface area contributed by atoms with Crippen LogP contribution < -0.4 is 20.7 Å². The standard InChI is InChI=1S/C25H24BrN3O3S/c1-2-3-14-32-22-13-12-18(26)16-21(22)24(31)29-25(33)28-20-11-7-8-17(15-20)23(30)27-19-9-5-4-6-10-19/h4-13,15-16H,2-3,14H2,1H3,(H,27,30)(H2,28,29,31,33). The van der Waals surface area contributed by atoms with Gasteiger partial charge in [0.2, 0.25) is 0 Å². The summed E-state index contributed by atoms with van der Waals surface area (Å²) in [4.78, 5) is 25.4. The maximum atomic E-state index is 12.8. The fraction of sp³-hybridized carbons (Fsp3) is 0.160. The Morgan fingerprint density at radius 3 is 2.42 bits per heavy atom. The van der Waals surface area contributed by atoms with Crippen molar-refractivity contribution in [2.75, 3.05) is 17.2 Å². The van der Waals surface area contributed by atoms with Crippen LogP contribution in [-0.4, -0.2) is 23.5 Å². The highest BCUT2D eigenvalue weighted by Crippen LogP contribution is 2.24. The average Bonchev–Trinajstić information content (AvgIpc) is 2.81. The Bertz CT molecular complexity index is 1140. The van der Waals surface area contributed by atoms with Crippen LogP contribution in [0.1, 0.15) is 40.5 Å². The number of hydrogen-bond acceptors (Lipinski definition) is 4. The number of rotatable bonds is 8. The molecule has 0 unspecified atom stereocenters. The largest absolute Gasteiger partial charge is 0.493 e. The number of unbranched alkanes of at least 4 members (excludes halogenated alkanes) is 1. The van der Waals surface area contributed by atoms with E-state index in [9.17, 15) is 9.59 Å². The number of para-hydroxylation sites is 1. The molecule has 0 radical (unpaired) electrons. The quantitative estimate of drug-likeness (QED) is 0.248. The van der Waals surface area contributed by atoms with Crippen LogP contribution in [0.15, 0.2) is 77.3 Å². The minimum atomic E-state index is -0.390. The van der Waals surface area contributed by atoms with Gasteiger partial charge >= 0.3 is 0 Å². The highest BCUT2D eigenvalue weighted by Gasteiger charge is 2.15. The number of benzene rings is 3. The Kier molecular flexibility index (Phi) is 8.97. The number of thiocarbonyl (C=S) groups is 1. The van der Waals surface area contributed by atoms with E-state index in [0.717, 1.165) is 17.3 Å². The first kappa shape index (κ1) is 24.4. The predicted octanol–water partition coefficient (Wildman–Crippen LogP) is 6.01. The zero-order chi connectivity index (χ0) is 23.6. The Labute approximate surface area is 206 Å². The van der Waals surface area contributed by atoms with Crippen molar-refractivity contribution in [3.63, 3.8) is 0 Å². The molecule has 0 aromatic heterocycles. The molecule has 6 nitrogen and oxygen atoms in total. The van der Waals surface area contributed by atoms with Gasteiger partial charge < -0.3 is 15.4 Å². The number of hydrogen-bond donors (Lipinski definition) is 3. The van der Waals surface area contributed by atoms with Gasteiger partial charge in [-0.05, 0) is 67.2 Å². The number of carbonyl (C=O) groups is 2. The Hall–Kier alpha value is -3.23. The molecule has 0 saturated heterocycles. The van der Waals surface area contributed by atoms with Crippen molar-refractivity contribution >= 4 is 56.4 Å². The maximum Gasteiger partial charge on any atom is 0.261 e. The summed E-state index contributed by atoms with van der Waals surface area (Å²) in [5, 5.41) is 8.57. The van der Waals surface area contributed by atoms with Crippen LogP contribution in [0, 0.1) is 0 Å². The Morgan fingerprint density at radius 2 is 1.67 bits per heavy atom. The zero-order valence-corrected chi connectivity index (χ0v) is 20.5. The zero-order valence-electron chi connectivity index (χ0n) is 18.1. The topological polar surface area (TPSA) is 79.5 Å². The molecular weight excluding hydrogens is 502 g/mol. The fourth-order valence-corrected chi connectivity index (χ4v) is 3.50. The molecule has 3 N–H and O–H groups in total. The third kappa shape index (κ3) is 7.40. The lowest BCUT2D eigenvalue weighted by molar-refractivity contribution is 0.0972. The summed E-state index contributed by atoms with van der Waals surface area (Å²) < 4.78 is 6.51. The lowest BCUT2D eigenvalue weighted by Crippen LogP contribution is -2.34. The second kappa shape index (κ2) is 12.1. The second-order valence-electron chi connectivity index (χ2n) is 7.15. The van der Waals surface area contributed by atoms with Crippen LogP contribution in [0.4, 0.5) is 11.4 Å². The minimum absolute atomic E-state index is 0.111. The van der Waals surface area contributed by atoms with Gasteiger partial charge in [0.25, 0.3) is 11.8 Å². The highest BCUT2D eigenvalue weighted by atomic mass is 79.9. The minimum Gasteiger partial charge on any atom is -0.493 e. The van der Waals surface area contributed by atoms with Gasteiger partial charge in [0.05, 0.1) is 12.2 Å². The van der Waals surface area contributed by atoms with Crippen molar-refractivity contribution in [2.24, 2.45) is 0 Å². The fourth-order valence-electron chi connectivity index (χ4n) is 2.93. The third-order valence-electron chi connectivity index (χ3n) is 4.58. The van der Waals surface area contributed by atoms with Crippen molar-refractivity contribution in [1.29, 1.82) is 0 Å². The molecule has 0 aliphatic rings. The second-order valence-corrected chi connectivity index (χ2v) is 8.48. The maximum absolute atomic E-state index is 12.8. The summed E-state index contributed by atoms with van der Waals surface area (Å²) in [6.07, 6.45) is 1.89. The van der Waals surface area contributed by atoms with E-state index in [1.54, 1.807) is 36.4 Å². The molecule has 3 rings (SSSR count). The molecule has 2 amide bonds. The molecule has 0 bridgehead atoms. The van der Waals surface area contributed by atoms with Gasteiger partial charge in [-0.1, -0.05) is 53.5 Å². The highest BCUT2D eigenvalue weighted by molar-refractivity contribution is 9.10. The molecule has 170 valence electrons. The van der Waals surface area contributed by atoms with Crippen molar-refractivity contribution in [1.82, 2.24) is 5.32 Å². The van der Waals surface area contributed by atoms with Gasteiger partial charge in [-0.15, -0.1) is 0 Å². The molecule has 0 aliphatic heterocycles. The molecule has 0 atom stereocenters. The molecular formula is C25H24BrN3O3S. The summed E-state index contributed by atoms with van der Waals surface area (Å²) in [5.41, 5.74) is 2.11. The first-order valence-electron chi connectivity index (χ1n) is 10.5. The summed E-state index contributed by atoms with van der Waals surface area (Å²) in [6, 6.07) is 21.3. The van der Waals surface area contributed by atoms with E-state index in [1.807, 2.05) is 36.4 Å². The van der Waals surface area contributed by atoms with Crippen LogP contribution in [0.3, 0.4) is 0 Å². The van der Waals surface area contributed by atoms with Gasteiger partial charge in [-0.3, -0.25) is 14.9 Å². The molecule has 3 aromatic carbocycles. The van der Waals surface area contributed by atoms with Crippen LogP contribution in [0.5, 0.6) is 5.75 Å². The van der Waals surface area contributed by atoms with E-state index in [0.29, 0.717) is 34.9 Å². The van der Waals surface area contributed by atoms with Gasteiger partial charge in [0.1, 0.15) is 5.75 Å². The number of halogens is 1. The average molecular weight is 526 g/mol. The SMILES string of the molecule is CCCCOc1ccc(Br)cc1C(=O)NC(=S)Nc1cccc(C(=O)Nc2ccccc2)c1. The number of amides is 2. The summed E-state index contributed by atoms with van der Waals surface area (Å²) in [7, 11) is 0. The van der Waals surface area contributed by atoms with Gasteiger partial charge in [-0.2, -0.15) is 0 Å². The smallest absolute Gasteiger partial charge is 0.261 e. The lowest BCUT2D eigenvalue weighted by atomic mass is 10.1. The molecule has 33 heavy (non-hydrogen) atoms. The molecule has 0 spiro atoms. The summed E-state index contributed by atoms with van der Waals surface area (Å²) >= 11 is 8.70. The molecule has 0 fully saturated rings. The molecule has 0 saturated carbocycles. The van der Waals surface area contributed by atoms with E-state index < -0.39 is 5.91 Å². The Balaban J connectivity index is 1.64. The predicted molar refractivity (Wildman–Crippen MR) is 139 cm³/mol. The van der Waals surface area contributed by atoms with Crippen molar-refractivity contribution in [3.05, 3.63) is 88.4 Å². The molecule has 3 aromatic rings. The monoisotopic (exact) mass is 525 g/mol. The van der Waals surface area contributed by atoms with E-state index >= 15 is 0 Å². The van der Waals surface area contributed by atoms with Gasteiger partial charge in [-0.25, -0.2) is 0 Å². The number of nitrogens with one attached hydrogen (secondary N) is 3.